The molecule has 2 rings (SSSR count). The van der Waals surface area contributed by atoms with Gasteiger partial charge in [0, 0.05) is 12.1 Å². The van der Waals surface area contributed by atoms with Crippen molar-refractivity contribution in [2.24, 2.45) is 5.92 Å². The summed E-state index contributed by atoms with van der Waals surface area (Å²) < 4.78 is 5.29. The molecule has 0 aromatic heterocycles. The maximum absolute atomic E-state index is 12.6. The van der Waals surface area contributed by atoms with Gasteiger partial charge in [-0.25, -0.2) is 4.79 Å². The first-order chi connectivity index (χ1) is 10.4. The van der Waals surface area contributed by atoms with Crippen LogP contribution in [0.1, 0.15) is 30.9 Å². The topological polar surface area (TPSA) is 66.8 Å². The Morgan fingerprint density at radius 3 is 2.77 bits per heavy atom. The number of carbonyl (C=O) groups is 2. The molecule has 0 saturated carbocycles. The van der Waals surface area contributed by atoms with Crippen molar-refractivity contribution >= 4 is 11.9 Å². The quantitative estimate of drug-likeness (QED) is 0.926. The Bertz CT molecular complexity index is 570. The largest absolute Gasteiger partial charge is 0.496 e. The highest BCUT2D eigenvalue weighted by molar-refractivity contribution is 5.85. The van der Waals surface area contributed by atoms with Crippen LogP contribution < -0.4 is 4.74 Å². The fourth-order valence-electron chi connectivity index (χ4n) is 2.98. The molecule has 1 aliphatic heterocycles. The van der Waals surface area contributed by atoms with E-state index in [-0.39, 0.29) is 12.3 Å². The van der Waals surface area contributed by atoms with Crippen molar-refractivity contribution in [2.75, 3.05) is 13.7 Å². The molecule has 2 atom stereocenters. The summed E-state index contributed by atoms with van der Waals surface area (Å²) in [5, 5.41) is 9.37. The number of amides is 1. The van der Waals surface area contributed by atoms with Gasteiger partial charge in [-0.1, -0.05) is 24.6 Å². The van der Waals surface area contributed by atoms with Crippen LogP contribution in [-0.2, 0) is 16.0 Å². The number of hydrogen-bond acceptors (Lipinski definition) is 3. The number of nitrogens with zero attached hydrogens (tertiary/aromatic N) is 1. The Balaban J connectivity index is 2.17. The van der Waals surface area contributed by atoms with E-state index in [9.17, 15) is 14.7 Å². The summed E-state index contributed by atoms with van der Waals surface area (Å²) in [6.45, 7) is 4.49. The number of benzene rings is 1. The maximum atomic E-state index is 12.6. The highest BCUT2D eigenvalue weighted by Gasteiger charge is 2.34. The molecule has 5 heteroatoms. The molecule has 1 aromatic carbocycles. The predicted octanol–water partition coefficient (Wildman–Crippen LogP) is 2.26. The zero-order chi connectivity index (χ0) is 16.3. The van der Waals surface area contributed by atoms with Crippen LogP contribution in [0.3, 0.4) is 0 Å². The molecule has 1 heterocycles. The number of aryl methyl sites for hydroxylation is 1. The van der Waals surface area contributed by atoms with Gasteiger partial charge in [-0.3, -0.25) is 4.79 Å². The molecule has 2 unspecified atom stereocenters. The Morgan fingerprint density at radius 1 is 1.41 bits per heavy atom. The normalized spacial score (nSPS) is 21.5. The van der Waals surface area contributed by atoms with Crippen molar-refractivity contribution < 1.29 is 19.4 Å². The summed E-state index contributed by atoms with van der Waals surface area (Å²) in [6.07, 6.45) is 1.54. The summed E-state index contributed by atoms with van der Waals surface area (Å²) >= 11 is 0. The summed E-state index contributed by atoms with van der Waals surface area (Å²) in [7, 11) is 1.57. The lowest BCUT2D eigenvalue weighted by Crippen LogP contribution is -2.50. The summed E-state index contributed by atoms with van der Waals surface area (Å²) in [6, 6.07) is 4.96. The lowest BCUT2D eigenvalue weighted by atomic mass is 9.92. The van der Waals surface area contributed by atoms with E-state index in [1.54, 1.807) is 7.11 Å². The number of ether oxygens (including phenoxy) is 1. The monoisotopic (exact) mass is 305 g/mol. The molecule has 1 N–H and O–H groups in total. The molecule has 120 valence electrons. The molecular formula is C17H23NO4. The van der Waals surface area contributed by atoms with Crippen LogP contribution in [0.15, 0.2) is 18.2 Å². The smallest absolute Gasteiger partial charge is 0.326 e. The molecular weight excluding hydrogens is 282 g/mol. The summed E-state index contributed by atoms with van der Waals surface area (Å²) in [5.74, 6) is -0.0748. The van der Waals surface area contributed by atoms with E-state index in [0.717, 1.165) is 17.5 Å². The van der Waals surface area contributed by atoms with E-state index in [4.69, 9.17) is 4.74 Å². The number of aliphatic carboxylic acids is 1. The number of carbonyl (C=O) groups excluding carboxylic acids is 1. The lowest BCUT2D eigenvalue weighted by molar-refractivity contribution is -0.152. The van der Waals surface area contributed by atoms with Crippen LogP contribution in [0, 0.1) is 12.8 Å². The van der Waals surface area contributed by atoms with Gasteiger partial charge < -0.3 is 14.7 Å². The second-order valence-corrected chi connectivity index (χ2v) is 6.06. The number of methoxy groups -OCH3 is 1. The minimum absolute atomic E-state index is 0.150. The third kappa shape index (κ3) is 3.59. The number of likely N-dealkylation sites (tertiary alicyclic amines) is 1. The van der Waals surface area contributed by atoms with E-state index in [1.807, 2.05) is 32.0 Å². The van der Waals surface area contributed by atoms with Crippen LogP contribution in [0.5, 0.6) is 5.75 Å². The van der Waals surface area contributed by atoms with Crippen molar-refractivity contribution in [2.45, 2.75) is 39.2 Å². The molecule has 0 bridgehead atoms. The highest BCUT2D eigenvalue weighted by atomic mass is 16.5. The van der Waals surface area contributed by atoms with Gasteiger partial charge in [0.15, 0.2) is 0 Å². The molecule has 5 nitrogen and oxygen atoms in total. The van der Waals surface area contributed by atoms with Gasteiger partial charge in [0.1, 0.15) is 11.8 Å². The first-order valence-corrected chi connectivity index (χ1v) is 7.58. The van der Waals surface area contributed by atoms with Crippen molar-refractivity contribution in [3.63, 3.8) is 0 Å². The van der Waals surface area contributed by atoms with Gasteiger partial charge >= 0.3 is 5.97 Å². The fourth-order valence-corrected chi connectivity index (χ4v) is 2.98. The van der Waals surface area contributed by atoms with Crippen LogP contribution >= 0.6 is 0 Å². The van der Waals surface area contributed by atoms with Crippen LogP contribution in [0.2, 0.25) is 0 Å². The van der Waals surface area contributed by atoms with Crippen LogP contribution in [0.4, 0.5) is 0 Å². The van der Waals surface area contributed by atoms with Crippen molar-refractivity contribution in [3.05, 3.63) is 29.3 Å². The second-order valence-electron chi connectivity index (χ2n) is 6.06. The molecule has 1 saturated heterocycles. The Morgan fingerprint density at radius 2 is 2.14 bits per heavy atom. The Kier molecular flexibility index (Phi) is 5.06. The number of rotatable bonds is 4. The minimum Gasteiger partial charge on any atom is -0.496 e. The van der Waals surface area contributed by atoms with Crippen LogP contribution in [0.25, 0.3) is 0 Å². The fraction of sp³-hybridized carbons (Fsp3) is 0.529. The maximum Gasteiger partial charge on any atom is 0.326 e. The van der Waals surface area contributed by atoms with E-state index >= 15 is 0 Å². The third-order valence-electron chi connectivity index (χ3n) is 4.25. The number of carboxylic acid groups (broad SMARTS) is 1. The van der Waals surface area contributed by atoms with Gasteiger partial charge in [0.2, 0.25) is 5.91 Å². The molecule has 0 aliphatic carbocycles. The molecule has 0 radical (unpaired) electrons. The van der Waals surface area contributed by atoms with E-state index in [0.29, 0.717) is 24.6 Å². The van der Waals surface area contributed by atoms with Gasteiger partial charge in [-0.05, 0) is 31.7 Å². The average Bonchev–Trinajstić information content (AvgIpc) is 2.47. The van der Waals surface area contributed by atoms with Crippen molar-refractivity contribution in [3.8, 4) is 5.75 Å². The van der Waals surface area contributed by atoms with Crippen LogP contribution in [-0.4, -0.2) is 41.6 Å². The zero-order valence-electron chi connectivity index (χ0n) is 13.3. The van der Waals surface area contributed by atoms with E-state index in [2.05, 4.69) is 0 Å². The third-order valence-corrected chi connectivity index (χ3v) is 4.25. The van der Waals surface area contributed by atoms with E-state index < -0.39 is 12.0 Å². The molecule has 1 amide bonds. The van der Waals surface area contributed by atoms with Gasteiger partial charge in [-0.2, -0.15) is 0 Å². The molecule has 1 fully saturated rings. The SMILES string of the molecule is COc1ccc(C)cc1CC(=O)N1CCC(C)CC1C(=O)O. The molecule has 1 aliphatic rings. The highest BCUT2D eigenvalue weighted by Crippen LogP contribution is 2.25. The second kappa shape index (κ2) is 6.81. The van der Waals surface area contributed by atoms with Gasteiger partial charge in [0.05, 0.1) is 13.5 Å². The molecule has 1 aromatic rings. The first-order valence-electron chi connectivity index (χ1n) is 7.58. The molecule has 22 heavy (non-hydrogen) atoms. The van der Waals surface area contributed by atoms with Crippen molar-refractivity contribution in [1.82, 2.24) is 4.90 Å². The molecule has 0 spiro atoms. The van der Waals surface area contributed by atoms with Gasteiger partial charge in [0.25, 0.3) is 0 Å². The predicted molar refractivity (Wildman–Crippen MR) is 83.0 cm³/mol. The standard InChI is InChI=1S/C17H23NO4/c1-11-4-5-15(22-3)13(8-11)10-16(19)18-7-6-12(2)9-14(18)17(20)21/h4-5,8,12,14H,6-7,9-10H2,1-3H3,(H,20,21). The summed E-state index contributed by atoms with van der Waals surface area (Å²) in [5.41, 5.74) is 1.85. The first kappa shape index (κ1) is 16.3. The zero-order valence-corrected chi connectivity index (χ0v) is 13.3. The van der Waals surface area contributed by atoms with E-state index in [1.165, 1.54) is 4.90 Å². The number of hydrogen-bond donors (Lipinski definition) is 1. The Hall–Kier alpha value is -2.04. The minimum atomic E-state index is -0.920. The van der Waals surface area contributed by atoms with Gasteiger partial charge in [-0.15, -0.1) is 0 Å². The number of piperidine rings is 1. The lowest BCUT2D eigenvalue weighted by Gasteiger charge is -2.36. The van der Waals surface area contributed by atoms with Crippen molar-refractivity contribution in [1.29, 1.82) is 0 Å². The number of carboxylic acids is 1. The Labute approximate surface area is 130 Å². The average molecular weight is 305 g/mol. The summed E-state index contributed by atoms with van der Waals surface area (Å²) in [4.78, 5) is 25.5.